The molecule has 1 fully saturated rings. The highest BCUT2D eigenvalue weighted by atomic mass is 35.5. The Bertz CT molecular complexity index is 642. The molecule has 1 aliphatic heterocycles. The van der Waals surface area contributed by atoms with Crippen LogP contribution in [0.1, 0.15) is 37.7 Å². The molecule has 1 atom stereocenters. The van der Waals surface area contributed by atoms with Crippen LogP contribution in [-0.2, 0) is 11.3 Å². The summed E-state index contributed by atoms with van der Waals surface area (Å²) in [6, 6.07) is 5.45. The van der Waals surface area contributed by atoms with Gasteiger partial charge < -0.3 is 20.9 Å². The van der Waals surface area contributed by atoms with E-state index in [0.717, 1.165) is 18.7 Å². The van der Waals surface area contributed by atoms with E-state index in [1.807, 2.05) is 12.1 Å². The van der Waals surface area contributed by atoms with Crippen LogP contribution in [0, 0.1) is 5.92 Å². The summed E-state index contributed by atoms with van der Waals surface area (Å²) in [5.41, 5.74) is 6.02. The Balaban J connectivity index is 1.90. The Morgan fingerprint density at radius 2 is 1.93 bits per heavy atom. The highest BCUT2D eigenvalue weighted by Gasteiger charge is 2.42. The van der Waals surface area contributed by atoms with Gasteiger partial charge in [0.1, 0.15) is 5.54 Å². The average Bonchev–Trinajstić information content (AvgIpc) is 2.61. The van der Waals surface area contributed by atoms with Crippen LogP contribution in [-0.4, -0.2) is 51.8 Å². The maximum Gasteiger partial charge on any atom is 0.451 e. The molecule has 0 amide bonds. The summed E-state index contributed by atoms with van der Waals surface area (Å²) in [6.07, 6.45) is 3.07. The minimum absolute atomic E-state index is 0.106. The van der Waals surface area contributed by atoms with Gasteiger partial charge in [0.15, 0.2) is 0 Å². The summed E-state index contributed by atoms with van der Waals surface area (Å²) < 4.78 is 0. The van der Waals surface area contributed by atoms with Gasteiger partial charge in [-0.05, 0) is 62.3 Å². The number of nitrogens with two attached hydrogens (primary N) is 1. The number of likely N-dealkylation sites (tertiary alicyclic amines) is 1. The molecule has 6 nitrogen and oxygen atoms in total. The fraction of sp³-hybridized carbons (Fsp3) is 0.611. The number of hydrogen-bond donors (Lipinski definition) is 4. The van der Waals surface area contributed by atoms with Crippen molar-refractivity contribution < 1.29 is 19.9 Å². The molecule has 0 saturated carbocycles. The summed E-state index contributed by atoms with van der Waals surface area (Å²) in [7, 11) is -1.36. The van der Waals surface area contributed by atoms with Crippen LogP contribution < -0.4 is 5.73 Å². The summed E-state index contributed by atoms with van der Waals surface area (Å²) in [5.74, 6) is -1.09. The van der Waals surface area contributed by atoms with Crippen molar-refractivity contribution in [3.8, 4) is 0 Å². The number of carboxylic acid groups (broad SMARTS) is 1. The number of nitrogens with zero attached hydrogens (tertiary/aromatic N) is 1. The summed E-state index contributed by atoms with van der Waals surface area (Å²) in [5, 5.41) is 28.7. The quantitative estimate of drug-likeness (QED) is 0.364. The second-order valence-electron chi connectivity index (χ2n) is 7.36. The van der Waals surface area contributed by atoms with Gasteiger partial charge in [-0.15, -0.1) is 0 Å². The molecule has 1 aromatic carbocycles. The van der Waals surface area contributed by atoms with Crippen LogP contribution in [0.5, 0.6) is 0 Å². The highest BCUT2D eigenvalue weighted by Crippen LogP contribution is 2.32. The van der Waals surface area contributed by atoms with Gasteiger partial charge in [0.25, 0.3) is 0 Å². The third-order valence-corrected chi connectivity index (χ3v) is 6.01. The van der Waals surface area contributed by atoms with Gasteiger partial charge in [0, 0.05) is 16.6 Å². The van der Waals surface area contributed by atoms with Crippen molar-refractivity contribution in [3.63, 3.8) is 0 Å². The van der Waals surface area contributed by atoms with Crippen molar-refractivity contribution in [1.82, 2.24) is 4.90 Å². The van der Waals surface area contributed by atoms with E-state index in [2.05, 4.69) is 4.90 Å². The Labute approximate surface area is 170 Å². The van der Waals surface area contributed by atoms with E-state index < -0.39 is 18.6 Å². The lowest BCUT2D eigenvalue weighted by molar-refractivity contribution is -0.147. The average molecular weight is 417 g/mol. The number of benzene rings is 1. The molecule has 0 aromatic heterocycles. The number of aliphatic carboxylic acids is 1. The van der Waals surface area contributed by atoms with Crippen LogP contribution in [0.25, 0.3) is 0 Å². The third-order valence-electron chi connectivity index (χ3n) is 5.43. The molecule has 1 aromatic rings. The number of piperidine rings is 1. The molecule has 1 saturated heterocycles. The van der Waals surface area contributed by atoms with Crippen molar-refractivity contribution in [2.75, 3.05) is 13.1 Å². The molecule has 0 radical (unpaired) electrons. The van der Waals surface area contributed by atoms with Gasteiger partial charge in [-0.1, -0.05) is 42.1 Å². The zero-order chi connectivity index (χ0) is 20.0. The Morgan fingerprint density at radius 1 is 1.26 bits per heavy atom. The van der Waals surface area contributed by atoms with Crippen LogP contribution in [0.3, 0.4) is 0 Å². The lowest BCUT2D eigenvalue weighted by Crippen LogP contribution is -2.56. The maximum atomic E-state index is 11.8. The Morgan fingerprint density at radius 3 is 2.48 bits per heavy atom. The number of carbonyl (C=O) groups is 1. The zero-order valence-electron chi connectivity index (χ0n) is 15.3. The third kappa shape index (κ3) is 6.34. The maximum absolute atomic E-state index is 11.8. The Hall–Kier alpha value is -0.825. The first-order chi connectivity index (χ1) is 12.7. The monoisotopic (exact) mass is 416 g/mol. The fourth-order valence-electron chi connectivity index (χ4n) is 3.73. The predicted molar refractivity (Wildman–Crippen MR) is 108 cm³/mol. The molecule has 150 valence electrons. The van der Waals surface area contributed by atoms with E-state index in [4.69, 9.17) is 39.0 Å². The molecular formula is C18H27BCl2N2O4. The topological polar surface area (TPSA) is 107 Å². The lowest BCUT2D eigenvalue weighted by atomic mass is 9.74. The van der Waals surface area contributed by atoms with Gasteiger partial charge in [-0.3, -0.25) is 9.69 Å². The number of rotatable bonds is 9. The molecule has 1 unspecified atom stereocenters. The molecule has 5 N–H and O–H groups in total. The zero-order valence-corrected chi connectivity index (χ0v) is 16.8. The van der Waals surface area contributed by atoms with Crippen molar-refractivity contribution in [3.05, 3.63) is 33.8 Å². The van der Waals surface area contributed by atoms with Crippen LogP contribution in [0.2, 0.25) is 16.4 Å². The predicted octanol–water partition coefficient (Wildman–Crippen LogP) is 2.63. The lowest BCUT2D eigenvalue weighted by Gasteiger charge is -2.40. The summed E-state index contributed by atoms with van der Waals surface area (Å²) >= 11 is 12.2. The number of halogens is 2. The minimum Gasteiger partial charge on any atom is -0.480 e. The molecule has 0 aliphatic carbocycles. The van der Waals surface area contributed by atoms with E-state index in [1.54, 1.807) is 6.07 Å². The normalized spacial score (nSPS) is 18.3. The largest absolute Gasteiger partial charge is 0.480 e. The smallest absolute Gasteiger partial charge is 0.451 e. The van der Waals surface area contributed by atoms with Crippen LogP contribution in [0.15, 0.2) is 18.2 Å². The van der Waals surface area contributed by atoms with Crippen molar-refractivity contribution in [1.29, 1.82) is 0 Å². The summed E-state index contributed by atoms with van der Waals surface area (Å²) in [6.45, 7) is 2.21. The first-order valence-electron chi connectivity index (χ1n) is 9.27. The van der Waals surface area contributed by atoms with Crippen LogP contribution in [0.4, 0.5) is 0 Å². The molecule has 9 heteroatoms. The van der Waals surface area contributed by atoms with Gasteiger partial charge in [0.2, 0.25) is 0 Å². The number of carboxylic acids is 1. The van der Waals surface area contributed by atoms with Gasteiger partial charge >= 0.3 is 13.1 Å². The molecule has 2 rings (SSSR count). The highest BCUT2D eigenvalue weighted by molar-refractivity contribution is 6.40. The number of unbranched alkanes of at least 4 members (excludes halogenated alkanes) is 1. The molecule has 1 aliphatic rings. The van der Waals surface area contributed by atoms with Crippen LogP contribution >= 0.6 is 23.2 Å². The molecule has 1 heterocycles. The van der Waals surface area contributed by atoms with E-state index in [0.29, 0.717) is 48.7 Å². The SMILES string of the molecule is NC(CCCCB(O)O)(C(=O)O)C1CCN(Cc2ccc(Cl)cc2Cl)CC1. The summed E-state index contributed by atoms with van der Waals surface area (Å²) in [4.78, 5) is 14.1. The molecule has 0 bridgehead atoms. The molecular weight excluding hydrogens is 390 g/mol. The van der Waals surface area contributed by atoms with E-state index >= 15 is 0 Å². The van der Waals surface area contributed by atoms with Crippen molar-refractivity contribution in [2.45, 2.75) is 50.5 Å². The Kier molecular flexibility index (Phi) is 8.40. The van der Waals surface area contributed by atoms with E-state index in [9.17, 15) is 9.90 Å². The molecule has 27 heavy (non-hydrogen) atoms. The molecule has 0 spiro atoms. The van der Waals surface area contributed by atoms with Gasteiger partial charge in [-0.25, -0.2) is 0 Å². The second-order valence-corrected chi connectivity index (χ2v) is 8.20. The van der Waals surface area contributed by atoms with E-state index in [-0.39, 0.29) is 12.2 Å². The number of hydrogen-bond acceptors (Lipinski definition) is 5. The first kappa shape index (κ1) is 22.5. The fourth-order valence-corrected chi connectivity index (χ4v) is 4.20. The van der Waals surface area contributed by atoms with Crippen molar-refractivity contribution >= 4 is 36.3 Å². The minimum atomic E-state index is -1.36. The van der Waals surface area contributed by atoms with Crippen molar-refractivity contribution in [2.24, 2.45) is 11.7 Å². The van der Waals surface area contributed by atoms with Gasteiger partial charge in [0.05, 0.1) is 0 Å². The standard InChI is InChI=1S/C18H27BCl2N2O4/c20-15-4-3-13(16(21)11-15)12-23-9-5-14(6-10-23)18(22,17(24)25)7-1-2-8-19(26)27/h3-4,11,14,26-27H,1-2,5-10,12,22H2,(H,24,25). The first-order valence-corrected chi connectivity index (χ1v) is 10.0. The van der Waals surface area contributed by atoms with Gasteiger partial charge in [-0.2, -0.15) is 0 Å². The second kappa shape index (κ2) is 10.1. The van der Waals surface area contributed by atoms with E-state index in [1.165, 1.54) is 0 Å².